The lowest BCUT2D eigenvalue weighted by Gasteiger charge is -2.37. The predicted molar refractivity (Wildman–Crippen MR) is 94.8 cm³/mol. The number of fused-ring (bicyclic) bond motifs is 1. The van der Waals surface area contributed by atoms with Gasteiger partial charge in [0.1, 0.15) is 5.70 Å². The van der Waals surface area contributed by atoms with Gasteiger partial charge in [-0.2, -0.15) is 0 Å². The molecular weight excluding hydrogens is 360 g/mol. The number of thioether (sulfide) groups is 1. The highest BCUT2D eigenvalue weighted by Gasteiger charge is 2.52. The molecule has 3 aliphatic rings. The summed E-state index contributed by atoms with van der Waals surface area (Å²) >= 11 is 2.83. The number of rotatable bonds is 5. The smallest absolute Gasteiger partial charge is 0.353 e. The van der Waals surface area contributed by atoms with Gasteiger partial charge in [0, 0.05) is 28.5 Å². The van der Waals surface area contributed by atoms with E-state index in [9.17, 15) is 19.8 Å². The van der Waals surface area contributed by atoms with Crippen LogP contribution in [0, 0.1) is 11.8 Å². The van der Waals surface area contributed by atoms with Crippen molar-refractivity contribution in [3.05, 3.63) is 27.8 Å². The maximum absolute atomic E-state index is 11.8. The Morgan fingerprint density at radius 3 is 3.00 bits per heavy atom. The molecule has 3 heterocycles. The summed E-state index contributed by atoms with van der Waals surface area (Å²) in [4.78, 5) is 30.2. The third-order valence-electron chi connectivity index (χ3n) is 5.17. The van der Waals surface area contributed by atoms with Gasteiger partial charge >= 0.3 is 5.97 Å². The fourth-order valence-corrected chi connectivity index (χ4v) is 5.90. The van der Waals surface area contributed by atoms with Crippen molar-refractivity contribution < 1.29 is 19.8 Å². The molecule has 0 aromatic carbocycles. The average molecular weight is 378 g/mol. The first-order valence-corrected chi connectivity index (χ1v) is 9.95. The molecule has 1 fully saturated rings. The van der Waals surface area contributed by atoms with Crippen LogP contribution in [0.3, 0.4) is 0 Å². The van der Waals surface area contributed by atoms with E-state index < -0.39 is 5.97 Å². The number of amides is 1. The van der Waals surface area contributed by atoms with Crippen LogP contribution < -0.4 is 0 Å². The molecule has 1 amide bonds. The first-order valence-electron chi connectivity index (χ1n) is 8.25. The van der Waals surface area contributed by atoms with E-state index >= 15 is 0 Å². The van der Waals surface area contributed by atoms with E-state index in [4.69, 9.17) is 0 Å². The Morgan fingerprint density at radius 1 is 1.52 bits per heavy atom. The largest absolute Gasteiger partial charge is 0.477 e. The highest BCUT2D eigenvalue weighted by Crippen LogP contribution is 2.49. The van der Waals surface area contributed by atoms with Gasteiger partial charge in [0.15, 0.2) is 4.34 Å². The van der Waals surface area contributed by atoms with Crippen molar-refractivity contribution in [2.24, 2.45) is 11.8 Å². The van der Waals surface area contributed by atoms with Gasteiger partial charge in [-0.15, -0.1) is 11.3 Å². The number of hydrogen-bond acceptors (Lipinski definition) is 6. The first-order chi connectivity index (χ1) is 12.0. The number of aromatic nitrogens is 1. The van der Waals surface area contributed by atoms with Crippen LogP contribution in [-0.4, -0.2) is 44.6 Å². The summed E-state index contributed by atoms with van der Waals surface area (Å²) in [5.74, 6) is -1.03. The molecule has 4 rings (SSSR count). The van der Waals surface area contributed by atoms with Gasteiger partial charge in [0.2, 0.25) is 5.91 Å². The fraction of sp³-hybridized carbons (Fsp3) is 0.471. The number of carbonyl (C=O) groups is 2. The number of aliphatic hydroxyl groups excluding tert-OH is 1. The maximum atomic E-state index is 11.8. The number of β-lactam (4-membered cyclic amide) rings is 1. The number of aliphatic hydroxyl groups is 1. The molecule has 0 bridgehead atoms. The third kappa shape index (κ3) is 2.63. The molecular formula is C17H18N2O4S2. The molecule has 0 radical (unpaired) electrons. The van der Waals surface area contributed by atoms with E-state index in [-0.39, 0.29) is 36.1 Å². The number of hydrogen-bond donors (Lipinski definition) is 2. The molecule has 2 N–H and O–H groups in total. The minimum atomic E-state index is -1.06. The van der Waals surface area contributed by atoms with Crippen LogP contribution in [-0.2, 0) is 9.59 Å². The molecule has 25 heavy (non-hydrogen) atoms. The van der Waals surface area contributed by atoms with Gasteiger partial charge in [-0.25, -0.2) is 9.78 Å². The minimum Gasteiger partial charge on any atom is -0.477 e. The van der Waals surface area contributed by atoms with Crippen LogP contribution in [0.1, 0.15) is 31.9 Å². The van der Waals surface area contributed by atoms with Crippen LogP contribution in [0.4, 0.5) is 0 Å². The van der Waals surface area contributed by atoms with Gasteiger partial charge in [-0.3, -0.25) is 4.79 Å². The molecule has 0 saturated carbocycles. The van der Waals surface area contributed by atoms with Crippen molar-refractivity contribution in [3.8, 4) is 0 Å². The van der Waals surface area contributed by atoms with Crippen LogP contribution in [0.25, 0.3) is 5.57 Å². The number of nitrogens with zero attached hydrogens (tertiary/aromatic N) is 2. The van der Waals surface area contributed by atoms with E-state index in [1.54, 1.807) is 0 Å². The summed E-state index contributed by atoms with van der Waals surface area (Å²) in [7, 11) is 0. The fourth-order valence-electron chi connectivity index (χ4n) is 3.79. The van der Waals surface area contributed by atoms with Gasteiger partial charge in [0.05, 0.1) is 18.3 Å². The monoisotopic (exact) mass is 378 g/mol. The Labute approximate surface area is 153 Å². The minimum absolute atomic E-state index is 0.0111. The summed E-state index contributed by atoms with van der Waals surface area (Å²) in [6.07, 6.45) is 4.42. The number of aliphatic carboxylic acids is 1. The number of allylic oxidation sites excluding steroid dienone is 1. The molecule has 132 valence electrons. The topological polar surface area (TPSA) is 90.7 Å². The van der Waals surface area contributed by atoms with Crippen LogP contribution >= 0.6 is 23.1 Å². The average Bonchev–Trinajstić information content (AvgIpc) is 3.26. The van der Waals surface area contributed by atoms with Crippen molar-refractivity contribution in [1.82, 2.24) is 9.88 Å². The molecule has 0 spiro atoms. The van der Waals surface area contributed by atoms with Gasteiger partial charge < -0.3 is 15.1 Å². The van der Waals surface area contributed by atoms with E-state index in [1.165, 1.54) is 28.0 Å². The molecule has 6 nitrogen and oxygen atoms in total. The van der Waals surface area contributed by atoms with E-state index in [1.807, 2.05) is 12.3 Å². The Morgan fingerprint density at radius 2 is 2.32 bits per heavy atom. The number of carboxylic acids is 1. The molecule has 1 saturated heterocycles. The van der Waals surface area contributed by atoms with E-state index in [2.05, 4.69) is 11.1 Å². The molecule has 0 unspecified atom stereocenters. The lowest BCUT2D eigenvalue weighted by molar-refractivity contribution is -0.148. The quantitative estimate of drug-likeness (QED) is 0.766. The maximum Gasteiger partial charge on any atom is 0.353 e. The predicted octanol–water partition coefficient (Wildman–Crippen LogP) is 2.57. The number of thiazole rings is 1. The Kier molecular flexibility index (Phi) is 4.21. The van der Waals surface area contributed by atoms with Crippen molar-refractivity contribution in [3.63, 3.8) is 0 Å². The van der Waals surface area contributed by atoms with Crippen molar-refractivity contribution in [2.45, 2.75) is 36.6 Å². The summed E-state index contributed by atoms with van der Waals surface area (Å²) in [6.45, 7) is 2.09. The number of carboxylic acid groups (broad SMARTS) is 1. The molecule has 1 aromatic heterocycles. The summed E-state index contributed by atoms with van der Waals surface area (Å²) in [5, 5.41) is 21.0. The lowest BCUT2D eigenvalue weighted by atomic mass is 9.94. The van der Waals surface area contributed by atoms with Crippen LogP contribution in [0.2, 0.25) is 0 Å². The Balaban J connectivity index is 1.61. The standard InChI is InChI=1S/C17H18N2O4S2/c1-8-12-5-13(21)19(12)14(16(22)23)15(8)25-17-18-11(7-24-17)10-4-2-3-9(10)6-20/h4,7-9,12,20H,2-3,5-6H2,1H3,(H,22,23)/t8-,9+,12+/m1/s1. The van der Waals surface area contributed by atoms with Crippen molar-refractivity contribution in [2.75, 3.05) is 6.61 Å². The molecule has 3 atom stereocenters. The molecule has 1 aromatic rings. The normalized spacial score (nSPS) is 28.2. The molecule has 2 aliphatic heterocycles. The second-order valence-corrected chi connectivity index (χ2v) is 8.71. The second-order valence-electron chi connectivity index (χ2n) is 6.56. The van der Waals surface area contributed by atoms with Crippen molar-refractivity contribution >= 4 is 40.5 Å². The summed E-state index contributed by atoms with van der Waals surface area (Å²) < 4.78 is 0.773. The van der Waals surface area contributed by atoms with Gasteiger partial charge in [-0.05, 0) is 18.4 Å². The summed E-state index contributed by atoms with van der Waals surface area (Å²) in [6, 6.07) is -0.0307. The number of carbonyl (C=O) groups excluding carboxylic acids is 1. The molecule has 1 aliphatic carbocycles. The summed E-state index contributed by atoms with van der Waals surface area (Å²) in [5.41, 5.74) is 2.06. The Bertz CT molecular complexity index is 813. The zero-order valence-electron chi connectivity index (χ0n) is 13.6. The highest BCUT2D eigenvalue weighted by atomic mass is 32.2. The third-order valence-corrected chi connectivity index (χ3v) is 7.39. The highest BCUT2D eigenvalue weighted by molar-refractivity contribution is 8.04. The van der Waals surface area contributed by atoms with E-state index in [0.29, 0.717) is 11.3 Å². The zero-order chi connectivity index (χ0) is 17.7. The van der Waals surface area contributed by atoms with Gasteiger partial charge in [-0.1, -0.05) is 24.8 Å². The van der Waals surface area contributed by atoms with Crippen LogP contribution in [0.5, 0.6) is 0 Å². The van der Waals surface area contributed by atoms with Crippen molar-refractivity contribution in [1.29, 1.82) is 0 Å². The molecule has 8 heteroatoms. The van der Waals surface area contributed by atoms with E-state index in [0.717, 1.165) is 28.4 Å². The Hall–Kier alpha value is -1.64. The van der Waals surface area contributed by atoms with Crippen LogP contribution in [0.15, 0.2) is 26.4 Å². The lowest BCUT2D eigenvalue weighted by Crippen LogP contribution is -2.51. The zero-order valence-corrected chi connectivity index (χ0v) is 15.3. The second kappa shape index (κ2) is 6.26. The SMILES string of the molecule is C[C@H]1C(Sc2nc(C3=CCC[C@H]3CO)cs2)=C(C(=O)O)N2C(=O)C[C@@H]12. The van der Waals surface area contributed by atoms with Gasteiger partial charge in [0.25, 0.3) is 0 Å². The first kappa shape index (κ1) is 16.8.